The van der Waals surface area contributed by atoms with Crippen LogP contribution in [0.3, 0.4) is 0 Å². The lowest BCUT2D eigenvalue weighted by Gasteiger charge is -2.38. The number of piperidine rings is 1. The number of urea groups is 1. The fraction of sp³-hybridized carbons (Fsp3) is 0.875. The summed E-state index contributed by atoms with van der Waals surface area (Å²) in [6.07, 6.45) is -2.28. The normalized spacial score (nSPS) is 22.5. The number of nitrogens with zero attached hydrogens (tertiary/aromatic N) is 1. The highest BCUT2D eigenvalue weighted by atomic mass is 32.2. The highest BCUT2D eigenvalue weighted by molar-refractivity contribution is 7.88. The number of ether oxygens (including phenoxy) is 1. The van der Waals surface area contributed by atoms with Crippen molar-refractivity contribution in [2.45, 2.75) is 119 Å². The van der Waals surface area contributed by atoms with Gasteiger partial charge in [0.25, 0.3) is 0 Å². The summed E-state index contributed by atoms with van der Waals surface area (Å²) in [4.78, 5) is 55.6. The molecule has 0 unspecified atom stereocenters. The zero-order valence-electron chi connectivity index (χ0n) is 30.3. The molecule has 2 rings (SSSR count). The van der Waals surface area contributed by atoms with E-state index < -0.39 is 81.6 Å². The largest absolute Gasteiger partial charge is 0.379 e. The summed E-state index contributed by atoms with van der Waals surface area (Å²) >= 11 is 0. The topological polar surface area (TPSA) is 175 Å². The van der Waals surface area contributed by atoms with Crippen LogP contribution in [0.1, 0.15) is 82.1 Å². The van der Waals surface area contributed by atoms with Crippen molar-refractivity contribution in [2.24, 2.45) is 28.1 Å². The van der Waals surface area contributed by atoms with Gasteiger partial charge in [-0.25, -0.2) is 26.7 Å². The van der Waals surface area contributed by atoms with Crippen LogP contribution < -0.4 is 26.0 Å². The van der Waals surface area contributed by atoms with Gasteiger partial charge in [-0.3, -0.25) is 14.4 Å². The number of halogens is 2. The van der Waals surface area contributed by atoms with Crippen molar-refractivity contribution in [1.82, 2.24) is 30.9 Å². The molecule has 0 bridgehead atoms. The summed E-state index contributed by atoms with van der Waals surface area (Å²) in [5.41, 5.74) is -1.67. The number of nitrogens with one attached hydrogen (secondary N) is 5. The quantitative estimate of drug-likeness (QED) is 0.153. The number of alkyl halides is 2. The number of carbonyl (C=O) groups is 4. The second-order valence-electron chi connectivity index (χ2n) is 16.1. The summed E-state index contributed by atoms with van der Waals surface area (Å²) < 4.78 is 58.4. The molecule has 5 N–H and O–H groups in total. The van der Waals surface area contributed by atoms with E-state index in [1.165, 1.54) is 4.90 Å². The Balaban J connectivity index is 2.26. The molecule has 1 saturated carbocycles. The molecule has 278 valence electrons. The van der Waals surface area contributed by atoms with Gasteiger partial charge >= 0.3 is 6.03 Å². The zero-order chi connectivity index (χ0) is 37.0. The summed E-state index contributed by atoms with van der Waals surface area (Å²) in [7, 11) is -3.53. The maximum absolute atomic E-state index is 14.2. The van der Waals surface area contributed by atoms with Gasteiger partial charge in [-0.2, -0.15) is 0 Å². The minimum atomic E-state index is -3.53. The van der Waals surface area contributed by atoms with Crippen LogP contribution in [0.15, 0.2) is 0 Å². The Morgan fingerprint density at radius 1 is 0.979 bits per heavy atom. The van der Waals surface area contributed by atoms with E-state index in [1.54, 1.807) is 20.8 Å². The molecule has 5 amide bonds. The zero-order valence-corrected chi connectivity index (χ0v) is 31.1. The Kier molecular flexibility index (Phi) is 13.8. The number of hydrogen-bond acceptors (Lipinski definition) is 7. The number of likely N-dealkylation sites (tertiary alicyclic amines) is 1. The molecule has 2 fully saturated rings. The second-order valence-corrected chi connectivity index (χ2v) is 17.9. The third-order valence-corrected chi connectivity index (χ3v) is 9.86. The lowest BCUT2D eigenvalue weighted by molar-refractivity contribution is -0.144. The van der Waals surface area contributed by atoms with Crippen molar-refractivity contribution >= 4 is 33.8 Å². The van der Waals surface area contributed by atoms with Crippen LogP contribution in [-0.2, 0) is 29.1 Å². The minimum absolute atomic E-state index is 0.00578. The summed E-state index contributed by atoms with van der Waals surface area (Å²) in [6, 6.07) is -5.00. The van der Waals surface area contributed by atoms with Crippen molar-refractivity contribution in [1.29, 1.82) is 0 Å². The maximum atomic E-state index is 14.2. The predicted octanol–water partition coefficient (Wildman–Crippen LogP) is 2.22. The smallest absolute Gasteiger partial charge is 0.315 e. The first-order valence-electron chi connectivity index (χ1n) is 16.6. The van der Waals surface area contributed by atoms with Gasteiger partial charge in [0.15, 0.2) is 0 Å². The number of rotatable bonds is 16. The van der Waals surface area contributed by atoms with Gasteiger partial charge in [-0.15, -0.1) is 0 Å². The van der Waals surface area contributed by atoms with Crippen LogP contribution in [0.4, 0.5) is 13.6 Å². The molecule has 1 saturated heterocycles. The molecule has 48 heavy (non-hydrogen) atoms. The Hall–Kier alpha value is -2.59. The van der Waals surface area contributed by atoms with Gasteiger partial charge < -0.3 is 30.9 Å². The number of sulfonamides is 1. The van der Waals surface area contributed by atoms with Crippen LogP contribution in [0, 0.1) is 28.1 Å². The Morgan fingerprint density at radius 2 is 1.58 bits per heavy atom. The molecular weight excluding hydrogens is 650 g/mol. The molecule has 1 aliphatic carbocycles. The first-order valence-corrected chi connectivity index (χ1v) is 18.5. The maximum Gasteiger partial charge on any atom is 0.315 e. The third-order valence-electron chi connectivity index (χ3n) is 9.17. The Morgan fingerprint density at radius 3 is 2.08 bits per heavy atom. The summed E-state index contributed by atoms with van der Waals surface area (Å²) in [5.74, 6) is -2.29. The van der Waals surface area contributed by atoms with Crippen molar-refractivity contribution < 1.29 is 41.1 Å². The number of hydrogen-bond donors (Lipinski definition) is 5. The van der Waals surface area contributed by atoms with E-state index in [1.807, 2.05) is 48.5 Å². The molecule has 13 nitrogen and oxygen atoms in total. The minimum Gasteiger partial charge on any atom is -0.379 e. The molecule has 0 radical (unpaired) electrons. The van der Waals surface area contributed by atoms with E-state index in [-0.39, 0.29) is 43.0 Å². The molecule has 0 aromatic heterocycles. The van der Waals surface area contributed by atoms with Gasteiger partial charge in [-0.05, 0) is 48.3 Å². The molecule has 0 spiro atoms. The SMILES string of the molecule is CC(C)OCCCNC(=O)[C@H](CC(F)F)NC(=O)[C@@H]1[C@@H]2[C@H](CN1C(=O)[C@@H](NC(=O)N[C@H](CNS(C)(=O)=O)C(C)(C)C)C(C)(C)C)C2(C)C. The lowest BCUT2D eigenvalue weighted by Crippen LogP contribution is -2.62. The van der Waals surface area contributed by atoms with Crippen molar-refractivity contribution in [3.8, 4) is 0 Å². The molecule has 1 heterocycles. The molecule has 2 aliphatic rings. The van der Waals surface area contributed by atoms with E-state index in [0.29, 0.717) is 13.0 Å². The first kappa shape index (κ1) is 41.6. The highest BCUT2D eigenvalue weighted by Gasteiger charge is 2.70. The van der Waals surface area contributed by atoms with E-state index in [4.69, 9.17) is 4.74 Å². The van der Waals surface area contributed by atoms with E-state index in [2.05, 4.69) is 26.0 Å². The van der Waals surface area contributed by atoms with Crippen LogP contribution in [0.5, 0.6) is 0 Å². The molecule has 16 heteroatoms. The Bertz CT molecular complexity index is 1270. The van der Waals surface area contributed by atoms with Gasteiger partial charge in [0.2, 0.25) is 34.2 Å². The standard InChI is InChI=1S/C32H58F2N6O7S/c1-18(2)47-14-12-13-35-26(41)20(15-22(33)34)37-27(42)24-23-19(32(23,9)10)17-40(24)28(43)25(31(6,7)8)39-29(44)38-21(30(3,4)5)16-36-48(11,45)46/h18-25,36H,12-17H2,1-11H3,(H,35,41)(H,37,42)(H2,38,39,44)/t19-,20-,21+,23-,24-,25+/m0/s1. The van der Waals surface area contributed by atoms with Crippen molar-refractivity contribution in [3.63, 3.8) is 0 Å². The van der Waals surface area contributed by atoms with Gasteiger partial charge in [0.1, 0.15) is 18.1 Å². The molecular formula is C32H58F2N6O7S. The van der Waals surface area contributed by atoms with Gasteiger partial charge in [0, 0.05) is 38.7 Å². The number of fused-ring (bicyclic) bond motifs is 1. The van der Waals surface area contributed by atoms with Crippen LogP contribution in [0.2, 0.25) is 0 Å². The summed E-state index contributed by atoms with van der Waals surface area (Å²) in [5, 5.41) is 10.6. The van der Waals surface area contributed by atoms with Gasteiger partial charge in [-0.1, -0.05) is 55.4 Å². The fourth-order valence-corrected chi connectivity index (χ4v) is 6.63. The lowest BCUT2D eigenvalue weighted by atomic mass is 9.85. The fourth-order valence-electron chi connectivity index (χ4n) is 6.16. The average molecular weight is 709 g/mol. The monoisotopic (exact) mass is 708 g/mol. The van der Waals surface area contributed by atoms with Gasteiger partial charge in [0.05, 0.1) is 12.4 Å². The van der Waals surface area contributed by atoms with Crippen molar-refractivity contribution in [2.75, 3.05) is 32.5 Å². The summed E-state index contributed by atoms with van der Waals surface area (Å²) in [6.45, 7) is 19.1. The highest BCUT2D eigenvalue weighted by Crippen LogP contribution is 2.65. The third kappa shape index (κ3) is 11.8. The molecule has 1 aliphatic heterocycles. The molecule has 0 aromatic carbocycles. The van der Waals surface area contributed by atoms with Crippen LogP contribution >= 0.6 is 0 Å². The second kappa shape index (κ2) is 16.0. The number of amides is 5. The van der Waals surface area contributed by atoms with E-state index in [9.17, 15) is 36.4 Å². The van der Waals surface area contributed by atoms with E-state index >= 15 is 0 Å². The molecule has 6 atom stereocenters. The first-order chi connectivity index (χ1) is 21.8. The molecule has 0 aromatic rings. The van der Waals surface area contributed by atoms with Crippen LogP contribution in [-0.4, -0.2) is 106 Å². The number of carbonyl (C=O) groups excluding carboxylic acids is 4. The predicted molar refractivity (Wildman–Crippen MR) is 179 cm³/mol. The van der Waals surface area contributed by atoms with Crippen molar-refractivity contribution in [3.05, 3.63) is 0 Å². The average Bonchev–Trinajstić information content (AvgIpc) is 3.23. The Labute approximate surface area is 284 Å². The van der Waals surface area contributed by atoms with Crippen LogP contribution in [0.25, 0.3) is 0 Å². The van der Waals surface area contributed by atoms with E-state index in [0.717, 1.165) is 6.26 Å².